The first-order valence-electron chi connectivity index (χ1n) is 12.5. The molecule has 0 spiro atoms. The predicted molar refractivity (Wildman–Crippen MR) is 141 cm³/mol. The van der Waals surface area contributed by atoms with Crippen molar-refractivity contribution in [3.05, 3.63) is 51.9 Å². The molecule has 2 aromatic heterocycles. The third-order valence-corrected chi connectivity index (χ3v) is 8.78. The van der Waals surface area contributed by atoms with Crippen molar-refractivity contribution in [2.75, 3.05) is 12.3 Å². The SMILES string of the molecule is CC(C)(NC(=O)N1Cc2nc(N)nc(-c3c(Cl)cc(Cl)cc3OCCn3cccn3)c2C1)C12CC(C1)C2. The van der Waals surface area contributed by atoms with Crippen LogP contribution in [0.2, 0.25) is 10.0 Å². The molecule has 3 saturated carbocycles. The summed E-state index contributed by atoms with van der Waals surface area (Å²) < 4.78 is 7.88. The molecule has 37 heavy (non-hydrogen) atoms. The number of hydrogen-bond donors (Lipinski definition) is 2. The molecule has 9 nitrogen and oxygen atoms in total. The smallest absolute Gasteiger partial charge is 0.318 e. The van der Waals surface area contributed by atoms with Gasteiger partial charge in [-0.05, 0) is 62.6 Å². The van der Waals surface area contributed by atoms with E-state index in [4.69, 9.17) is 33.7 Å². The van der Waals surface area contributed by atoms with Gasteiger partial charge >= 0.3 is 6.03 Å². The fourth-order valence-corrected chi connectivity index (χ4v) is 6.49. The Morgan fingerprint density at radius 1 is 1.24 bits per heavy atom. The third-order valence-electron chi connectivity index (χ3n) is 8.26. The molecule has 1 aliphatic heterocycles. The van der Waals surface area contributed by atoms with Crippen LogP contribution in [-0.2, 0) is 19.6 Å². The lowest BCUT2D eigenvalue weighted by Crippen LogP contribution is -2.69. The van der Waals surface area contributed by atoms with E-state index in [2.05, 4.69) is 34.2 Å². The van der Waals surface area contributed by atoms with Gasteiger partial charge in [-0.1, -0.05) is 23.2 Å². The molecule has 2 bridgehead atoms. The number of benzene rings is 1. The highest BCUT2D eigenvalue weighted by Gasteiger charge is 2.64. The summed E-state index contributed by atoms with van der Waals surface area (Å²) in [7, 11) is 0. The molecule has 3 fully saturated rings. The molecule has 2 amide bonds. The average Bonchev–Trinajstić information content (AvgIpc) is 3.39. The summed E-state index contributed by atoms with van der Waals surface area (Å²) in [6, 6.07) is 5.10. The van der Waals surface area contributed by atoms with Crippen LogP contribution in [0.3, 0.4) is 0 Å². The van der Waals surface area contributed by atoms with Crippen LogP contribution in [0.25, 0.3) is 11.3 Å². The van der Waals surface area contributed by atoms with E-state index >= 15 is 0 Å². The number of hydrogen-bond acceptors (Lipinski definition) is 6. The molecular weight excluding hydrogens is 513 g/mol. The number of carbonyl (C=O) groups is 1. The molecule has 0 radical (unpaired) electrons. The number of fused-ring (bicyclic) bond motifs is 1. The molecule has 3 aliphatic carbocycles. The molecular formula is C26H29Cl2N7O2. The number of anilines is 1. The molecule has 3 N–H and O–H groups in total. The number of nitrogens with zero attached hydrogens (tertiary/aromatic N) is 5. The Kier molecular flexibility index (Phi) is 5.76. The number of halogens is 2. The summed E-state index contributed by atoms with van der Waals surface area (Å²) >= 11 is 13.0. The van der Waals surface area contributed by atoms with Crippen LogP contribution in [0.1, 0.15) is 44.4 Å². The molecule has 3 aromatic rings. The largest absolute Gasteiger partial charge is 0.491 e. The van der Waals surface area contributed by atoms with Gasteiger partial charge in [0.1, 0.15) is 12.4 Å². The van der Waals surface area contributed by atoms with E-state index < -0.39 is 0 Å². The summed E-state index contributed by atoms with van der Waals surface area (Å²) in [6.45, 7) is 5.84. The maximum Gasteiger partial charge on any atom is 0.318 e. The summed E-state index contributed by atoms with van der Waals surface area (Å²) in [5, 5.41) is 8.32. The molecule has 194 valence electrons. The second-order valence-corrected chi connectivity index (χ2v) is 11.7. The molecule has 1 aromatic carbocycles. The maximum atomic E-state index is 13.4. The molecule has 0 atom stereocenters. The molecule has 7 rings (SSSR count). The van der Waals surface area contributed by atoms with Crippen molar-refractivity contribution in [1.82, 2.24) is 30.0 Å². The van der Waals surface area contributed by atoms with Gasteiger partial charge in [0.2, 0.25) is 5.95 Å². The van der Waals surface area contributed by atoms with E-state index in [1.807, 2.05) is 12.3 Å². The number of urea groups is 1. The van der Waals surface area contributed by atoms with Crippen LogP contribution in [0.5, 0.6) is 5.75 Å². The first-order valence-corrected chi connectivity index (χ1v) is 13.2. The first-order chi connectivity index (χ1) is 17.6. The van der Waals surface area contributed by atoms with Gasteiger partial charge in [0.25, 0.3) is 0 Å². The number of nitrogens with one attached hydrogen (secondary N) is 1. The van der Waals surface area contributed by atoms with Gasteiger partial charge in [0, 0.05) is 28.5 Å². The molecule has 11 heteroatoms. The van der Waals surface area contributed by atoms with Crippen molar-refractivity contribution in [1.29, 1.82) is 0 Å². The van der Waals surface area contributed by atoms with Gasteiger partial charge in [0.05, 0.1) is 41.6 Å². The maximum absolute atomic E-state index is 13.4. The summed E-state index contributed by atoms with van der Waals surface area (Å²) in [5.41, 5.74) is 8.70. The van der Waals surface area contributed by atoms with E-state index in [0.717, 1.165) is 11.5 Å². The van der Waals surface area contributed by atoms with Crippen molar-refractivity contribution in [2.24, 2.45) is 11.3 Å². The van der Waals surface area contributed by atoms with Crippen LogP contribution in [0.4, 0.5) is 10.7 Å². The topological polar surface area (TPSA) is 111 Å². The van der Waals surface area contributed by atoms with E-state index in [0.29, 0.717) is 59.0 Å². The third kappa shape index (κ3) is 4.18. The van der Waals surface area contributed by atoms with Gasteiger partial charge in [-0.25, -0.2) is 14.8 Å². The summed E-state index contributed by atoms with van der Waals surface area (Å²) in [4.78, 5) is 24.1. The lowest BCUT2D eigenvalue weighted by molar-refractivity contribution is -0.160. The van der Waals surface area contributed by atoms with Crippen LogP contribution in [0.15, 0.2) is 30.6 Å². The fraction of sp³-hybridized carbons (Fsp3) is 0.462. The number of amides is 2. The monoisotopic (exact) mass is 541 g/mol. The zero-order valence-corrected chi connectivity index (χ0v) is 22.3. The zero-order chi connectivity index (χ0) is 25.9. The Balaban J connectivity index is 1.26. The van der Waals surface area contributed by atoms with Gasteiger partial charge in [-0.2, -0.15) is 5.10 Å². The molecule has 0 saturated heterocycles. The second-order valence-electron chi connectivity index (χ2n) is 10.9. The van der Waals surface area contributed by atoms with E-state index in [1.165, 1.54) is 19.3 Å². The predicted octanol–water partition coefficient (Wildman–Crippen LogP) is 4.91. The van der Waals surface area contributed by atoms with Crippen molar-refractivity contribution in [3.63, 3.8) is 0 Å². The average molecular weight is 542 g/mol. The van der Waals surface area contributed by atoms with Crippen LogP contribution < -0.4 is 15.8 Å². The molecule has 4 aliphatic rings. The Hall–Kier alpha value is -3.04. The molecule has 0 unspecified atom stereocenters. The second kappa shape index (κ2) is 8.77. The van der Waals surface area contributed by atoms with Crippen molar-refractivity contribution in [3.8, 4) is 17.0 Å². The normalized spacial score (nSPS) is 21.7. The van der Waals surface area contributed by atoms with Crippen LogP contribution in [-0.4, -0.2) is 42.8 Å². The van der Waals surface area contributed by atoms with Crippen LogP contribution in [0, 0.1) is 11.3 Å². The minimum absolute atomic E-state index is 0.110. The minimum atomic E-state index is -0.268. The number of nitrogen functional groups attached to an aromatic ring is 1. The van der Waals surface area contributed by atoms with Gasteiger partial charge < -0.3 is 20.7 Å². The number of ether oxygens (including phenoxy) is 1. The Bertz CT molecular complexity index is 1360. The summed E-state index contributed by atoms with van der Waals surface area (Å²) in [5.74, 6) is 1.43. The van der Waals surface area contributed by atoms with E-state index in [-0.39, 0.29) is 22.9 Å². The standard InChI is InChI=1S/C26H29Cl2N7O2/c1-25(2,26-10-15(11-26)12-26)33-24(36)34-13-17-19(14-34)31-23(29)32-22(17)21-18(28)8-16(27)9-20(21)37-7-6-35-5-3-4-30-35/h3-5,8-9,15H,6-7,10-14H2,1-2H3,(H,33,36)(H2,29,31,32). The molecule has 3 heterocycles. The number of nitrogens with two attached hydrogens (primary N) is 1. The minimum Gasteiger partial charge on any atom is -0.491 e. The van der Waals surface area contributed by atoms with Crippen LogP contribution >= 0.6 is 23.2 Å². The Labute approximate surface area is 225 Å². The van der Waals surface area contributed by atoms with Gasteiger partial charge in [-0.15, -0.1) is 0 Å². The van der Waals surface area contributed by atoms with E-state index in [9.17, 15) is 4.79 Å². The Morgan fingerprint density at radius 2 is 2.03 bits per heavy atom. The van der Waals surface area contributed by atoms with Gasteiger partial charge in [0.15, 0.2) is 0 Å². The highest BCUT2D eigenvalue weighted by atomic mass is 35.5. The van der Waals surface area contributed by atoms with Crippen molar-refractivity contribution < 1.29 is 9.53 Å². The Morgan fingerprint density at radius 3 is 2.70 bits per heavy atom. The first kappa shape index (κ1) is 24.3. The van der Waals surface area contributed by atoms with Crippen molar-refractivity contribution in [2.45, 2.75) is 58.3 Å². The lowest BCUT2D eigenvalue weighted by atomic mass is 9.38. The highest BCUT2D eigenvalue weighted by molar-refractivity contribution is 6.37. The lowest BCUT2D eigenvalue weighted by Gasteiger charge is -2.68. The fourth-order valence-electron chi connectivity index (χ4n) is 5.92. The van der Waals surface area contributed by atoms with Crippen molar-refractivity contribution >= 4 is 35.2 Å². The van der Waals surface area contributed by atoms with Gasteiger partial charge in [-0.3, -0.25) is 4.68 Å². The number of rotatable bonds is 7. The van der Waals surface area contributed by atoms with E-state index in [1.54, 1.807) is 27.9 Å². The number of aromatic nitrogens is 4. The number of carbonyl (C=O) groups excluding carboxylic acids is 1. The zero-order valence-electron chi connectivity index (χ0n) is 20.8. The summed E-state index contributed by atoms with van der Waals surface area (Å²) in [6.07, 6.45) is 7.18. The quantitative estimate of drug-likeness (QED) is 0.439. The highest BCUT2D eigenvalue weighted by Crippen LogP contribution is 2.69.